The number of likely N-dealkylation sites (N-methyl/N-ethyl adjacent to an activating group) is 1. The van der Waals surface area contributed by atoms with Gasteiger partial charge in [0.25, 0.3) is 0 Å². The van der Waals surface area contributed by atoms with E-state index in [1.165, 1.54) is 7.05 Å². The Balaban J connectivity index is 2.00. The number of hydroxylamine groups is 3. The fourth-order valence-electron chi connectivity index (χ4n) is 4.49. The van der Waals surface area contributed by atoms with Crippen LogP contribution in [0.5, 0.6) is 0 Å². The molecule has 0 amide bonds. The van der Waals surface area contributed by atoms with E-state index in [1.54, 1.807) is 0 Å². The second kappa shape index (κ2) is 6.00. The van der Waals surface area contributed by atoms with E-state index >= 15 is 0 Å². The van der Waals surface area contributed by atoms with Crippen LogP contribution in [0.3, 0.4) is 0 Å². The van der Waals surface area contributed by atoms with Crippen LogP contribution in [0.4, 0.5) is 13.2 Å². The van der Waals surface area contributed by atoms with E-state index in [1.807, 2.05) is 0 Å². The molecule has 5 unspecified atom stereocenters. The smallest absolute Gasteiger partial charge is 0.308 e. The van der Waals surface area contributed by atoms with Crippen molar-refractivity contribution in [2.24, 2.45) is 11.8 Å². The molecule has 1 saturated carbocycles. The highest BCUT2D eigenvalue weighted by Crippen LogP contribution is 2.42. The minimum atomic E-state index is -5.83. The highest BCUT2D eigenvalue weighted by molar-refractivity contribution is 7.87. The van der Waals surface area contributed by atoms with Crippen molar-refractivity contribution in [3.8, 4) is 0 Å². The van der Waals surface area contributed by atoms with Gasteiger partial charge in [0.1, 0.15) is 19.6 Å². The van der Waals surface area contributed by atoms with Crippen LogP contribution in [0.25, 0.3) is 0 Å². The van der Waals surface area contributed by atoms with E-state index < -0.39 is 55.8 Å². The Morgan fingerprint density at radius 3 is 2.36 bits per heavy atom. The number of carbonyl (C=O) groups is 2. The fourth-order valence-corrected chi connectivity index (χ4v) is 5.19. The van der Waals surface area contributed by atoms with Crippen LogP contribution in [0.1, 0.15) is 25.7 Å². The average Bonchev–Trinajstić information content (AvgIpc) is 2.50. The van der Waals surface area contributed by atoms with Gasteiger partial charge in [-0.15, -0.1) is 0 Å². The lowest BCUT2D eigenvalue weighted by molar-refractivity contribution is -1.09. The van der Waals surface area contributed by atoms with Gasteiger partial charge < -0.3 is 5.32 Å². The monoisotopic (exact) mass is 385 g/mol. The SMILES string of the molecule is C[N+]1(OS(=O)(=O)C(F)(F)F)CCCC2C(=O)C(=O)C3CCCNC3C21. The summed E-state index contributed by atoms with van der Waals surface area (Å²) < 4.78 is 65.3. The van der Waals surface area contributed by atoms with E-state index in [-0.39, 0.29) is 6.54 Å². The van der Waals surface area contributed by atoms with E-state index in [0.717, 1.165) is 0 Å². The van der Waals surface area contributed by atoms with Crippen LogP contribution in [0.2, 0.25) is 0 Å². The molecule has 0 aromatic rings. The first kappa shape index (κ1) is 18.7. The fraction of sp³-hybridized carbons (Fsp3) is 0.857. The number of hydrogen-bond acceptors (Lipinski definition) is 6. The minimum Gasteiger partial charge on any atom is -0.308 e. The molecule has 2 aliphatic heterocycles. The Bertz CT molecular complexity index is 695. The number of nitrogens with one attached hydrogen (secondary N) is 1. The van der Waals surface area contributed by atoms with Crippen molar-refractivity contribution in [2.75, 3.05) is 20.1 Å². The summed E-state index contributed by atoms with van der Waals surface area (Å²) in [5.74, 6) is -2.60. The number of nitrogens with zero attached hydrogens (tertiary/aromatic N) is 1. The highest BCUT2D eigenvalue weighted by atomic mass is 32.2. The lowest BCUT2D eigenvalue weighted by Crippen LogP contribution is -2.73. The maximum Gasteiger partial charge on any atom is 0.528 e. The molecule has 3 aliphatic rings. The van der Waals surface area contributed by atoms with Crippen molar-refractivity contribution >= 4 is 21.7 Å². The minimum absolute atomic E-state index is 0.0167. The molecule has 0 spiro atoms. The summed E-state index contributed by atoms with van der Waals surface area (Å²) in [6, 6.07) is -1.42. The number of hydrogen-bond donors (Lipinski definition) is 1. The van der Waals surface area contributed by atoms with Gasteiger partial charge in [0.05, 0.1) is 12.0 Å². The number of piperidine rings is 2. The molecule has 0 bridgehead atoms. The lowest BCUT2D eigenvalue weighted by atomic mass is 9.66. The quantitative estimate of drug-likeness (QED) is 0.423. The Morgan fingerprint density at radius 1 is 1.12 bits per heavy atom. The topological polar surface area (TPSA) is 89.5 Å². The third kappa shape index (κ3) is 3.00. The Labute approximate surface area is 143 Å². The number of likely N-dealkylation sites (tertiary alicyclic amines) is 1. The molecule has 2 heterocycles. The number of alkyl halides is 3. The van der Waals surface area contributed by atoms with Gasteiger partial charge in [0, 0.05) is 12.3 Å². The molecule has 0 aromatic carbocycles. The second-order valence-electron chi connectivity index (χ2n) is 7.07. The van der Waals surface area contributed by atoms with Crippen LogP contribution in [-0.4, -0.2) is 62.4 Å². The summed E-state index contributed by atoms with van der Waals surface area (Å²) in [5.41, 5.74) is -5.55. The zero-order chi connectivity index (χ0) is 18.6. The van der Waals surface area contributed by atoms with Crippen LogP contribution in [0, 0.1) is 11.8 Å². The van der Waals surface area contributed by atoms with Gasteiger partial charge in [-0.05, 0) is 25.8 Å². The molecule has 0 aromatic heterocycles. The number of ketones is 2. The summed E-state index contributed by atoms with van der Waals surface area (Å²) in [4.78, 5) is 24.8. The van der Waals surface area contributed by atoms with Gasteiger partial charge in [-0.25, -0.2) is 0 Å². The maximum absolute atomic E-state index is 12.8. The first-order valence-electron chi connectivity index (χ1n) is 8.17. The summed E-state index contributed by atoms with van der Waals surface area (Å²) in [5, 5.41) is 3.11. The van der Waals surface area contributed by atoms with Crippen molar-refractivity contribution in [1.29, 1.82) is 0 Å². The number of halogens is 3. The Morgan fingerprint density at radius 2 is 1.72 bits per heavy atom. The summed E-state index contributed by atoms with van der Waals surface area (Å²) in [7, 11) is -4.58. The molecular weight excluding hydrogens is 365 g/mol. The summed E-state index contributed by atoms with van der Waals surface area (Å²) in [6.45, 7) is 0.570. The zero-order valence-electron chi connectivity index (χ0n) is 13.6. The molecule has 25 heavy (non-hydrogen) atoms. The molecule has 1 N–H and O–H groups in total. The van der Waals surface area contributed by atoms with Crippen molar-refractivity contribution in [3.63, 3.8) is 0 Å². The van der Waals surface area contributed by atoms with E-state index in [0.29, 0.717) is 32.2 Å². The van der Waals surface area contributed by atoms with Crippen LogP contribution in [-0.2, 0) is 24.0 Å². The molecule has 142 valence electrons. The predicted octanol–water partition coefficient (Wildman–Crippen LogP) is 0.513. The van der Waals surface area contributed by atoms with Gasteiger partial charge in [0.2, 0.25) is 11.6 Å². The molecule has 7 nitrogen and oxygen atoms in total. The normalized spacial score (nSPS) is 39.7. The summed E-state index contributed by atoms with van der Waals surface area (Å²) >= 11 is 0. The van der Waals surface area contributed by atoms with Gasteiger partial charge in [-0.3, -0.25) is 9.59 Å². The number of quaternary nitrogens is 1. The zero-order valence-corrected chi connectivity index (χ0v) is 14.4. The van der Waals surface area contributed by atoms with Gasteiger partial charge in [0.15, 0.2) is 0 Å². The number of rotatable bonds is 2. The molecule has 11 heteroatoms. The largest absolute Gasteiger partial charge is 0.528 e. The predicted molar refractivity (Wildman–Crippen MR) is 78.2 cm³/mol. The van der Waals surface area contributed by atoms with Gasteiger partial charge in [-0.2, -0.15) is 26.2 Å². The Hall–Kier alpha value is -1.04. The van der Waals surface area contributed by atoms with E-state index in [4.69, 9.17) is 0 Å². The standard InChI is InChI=1S/C14H20F3N2O5S/c1-19(24-25(22,23)14(15,16)17)7-3-5-9-11(19)10-8(4-2-6-18-10)12(20)13(9)21/h8-11,18H,2-7H2,1H3/q+1. The second-order valence-corrected chi connectivity index (χ2v) is 8.59. The summed E-state index contributed by atoms with van der Waals surface area (Å²) in [6.07, 6.45) is 1.76. The first-order chi connectivity index (χ1) is 11.5. The van der Waals surface area contributed by atoms with Crippen molar-refractivity contribution in [3.05, 3.63) is 0 Å². The van der Waals surface area contributed by atoms with E-state index in [2.05, 4.69) is 9.60 Å². The van der Waals surface area contributed by atoms with Gasteiger partial charge >= 0.3 is 15.6 Å². The van der Waals surface area contributed by atoms with Crippen molar-refractivity contribution < 1.29 is 40.1 Å². The van der Waals surface area contributed by atoms with Crippen LogP contribution in [0.15, 0.2) is 0 Å². The number of fused-ring (bicyclic) bond motifs is 3. The lowest BCUT2D eigenvalue weighted by Gasteiger charge is -2.52. The maximum atomic E-state index is 12.8. The average molecular weight is 385 g/mol. The number of Topliss-reactive ketones (excluding diaryl/α,β-unsaturated/α-hetero) is 2. The van der Waals surface area contributed by atoms with Crippen molar-refractivity contribution in [2.45, 2.75) is 43.3 Å². The van der Waals surface area contributed by atoms with Crippen molar-refractivity contribution in [1.82, 2.24) is 5.32 Å². The van der Waals surface area contributed by atoms with E-state index in [9.17, 15) is 31.2 Å². The van der Waals surface area contributed by atoms with Gasteiger partial charge in [-0.1, -0.05) is 4.28 Å². The Kier molecular flexibility index (Phi) is 4.50. The molecular formula is C14H20F3N2O5S+. The third-order valence-corrected chi connectivity index (χ3v) is 6.61. The third-order valence-electron chi connectivity index (χ3n) is 5.50. The number of carbonyl (C=O) groups excluding carboxylic acids is 2. The molecule has 0 radical (unpaired) electrons. The molecule has 5 atom stereocenters. The molecule has 1 aliphatic carbocycles. The van der Waals surface area contributed by atoms with Crippen LogP contribution >= 0.6 is 0 Å². The molecule has 3 fully saturated rings. The first-order valence-corrected chi connectivity index (χ1v) is 9.58. The highest BCUT2D eigenvalue weighted by Gasteiger charge is 2.63. The molecule has 3 rings (SSSR count). The molecule has 2 saturated heterocycles. The van der Waals surface area contributed by atoms with Crippen LogP contribution < -0.4 is 5.32 Å².